The summed E-state index contributed by atoms with van der Waals surface area (Å²) in [4.78, 5) is 11.2. The zero-order valence-electron chi connectivity index (χ0n) is 10.2. The molecule has 1 N–H and O–H groups in total. The number of nitrogens with zero attached hydrogens (tertiary/aromatic N) is 2. The zero-order chi connectivity index (χ0) is 13.0. The van der Waals surface area contributed by atoms with E-state index < -0.39 is 12.1 Å². The van der Waals surface area contributed by atoms with E-state index >= 15 is 0 Å². The number of esters is 1. The molecule has 1 atom stereocenters. The van der Waals surface area contributed by atoms with E-state index in [0.717, 1.165) is 22.3 Å². The fraction of sp³-hybridized carbons (Fsp3) is 0.636. The highest BCUT2D eigenvalue weighted by atomic mass is 79.9. The van der Waals surface area contributed by atoms with Crippen molar-refractivity contribution in [3.05, 3.63) is 15.9 Å². The number of aliphatic hydroxyl groups is 1. The smallest absolute Gasteiger partial charge is 0.335 e. The summed E-state index contributed by atoms with van der Waals surface area (Å²) in [7, 11) is 1.26. The quantitative estimate of drug-likeness (QED) is 0.833. The molecule has 0 aliphatic carbocycles. The fourth-order valence-corrected chi connectivity index (χ4v) is 2.34. The number of carbonyl (C=O) groups is 1. The van der Waals surface area contributed by atoms with E-state index in [9.17, 15) is 9.90 Å². The average Bonchev–Trinajstić information content (AvgIpc) is 2.65. The van der Waals surface area contributed by atoms with Crippen LogP contribution in [0.3, 0.4) is 0 Å². The molecule has 0 saturated heterocycles. The third kappa shape index (κ3) is 3.07. The minimum atomic E-state index is -1.15. The topological polar surface area (TPSA) is 64.3 Å². The van der Waals surface area contributed by atoms with Crippen molar-refractivity contribution in [1.82, 2.24) is 9.78 Å². The molecular weight excluding hydrogens is 288 g/mol. The Morgan fingerprint density at radius 2 is 2.24 bits per heavy atom. The number of ether oxygens (including phenoxy) is 1. The maximum atomic E-state index is 11.2. The van der Waals surface area contributed by atoms with Gasteiger partial charge in [0.25, 0.3) is 0 Å². The van der Waals surface area contributed by atoms with E-state index in [2.05, 4.69) is 25.8 Å². The van der Waals surface area contributed by atoms with Gasteiger partial charge < -0.3 is 9.84 Å². The monoisotopic (exact) mass is 304 g/mol. The molecule has 0 amide bonds. The molecule has 0 aromatic carbocycles. The molecule has 1 rings (SSSR count). The van der Waals surface area contributed by atoms with E-state index in [1.807, 2.05) is 13.8 Å². The molecule has 0 spiro atoms. The molecule has 1 aromatic rings. The van der Waals surface area contributed by atoms with Gasteiger partial charge in [-0.2, -0.15) is 5.10 Å². The van der Waals surface area contributed by atoms with Gasteiger partial charge in [-0.15, -0.1) is 0 Å². The maximum absolute atomic E-state index is 11.2. The van der Waals surface area contributed by atoms with Gasteiger partial charge in [-0.3, -0.25) is 4.68 Å². The van der Waals surface area contributed by atoms with Crippen molar-refractivity contribution in [2.24, 2.45) is 0 Å². The number of halogens is 1. The third-order valence-corrected chi connectivity index (χ3v) is 3.47. The van der Waals surface area contributed by atoms with Crippen LogP contribution >= 0.6 is 15.9 Å². The Hall–Kier alpha value is -0.880. The molecule has 0 aliphatic rings. The van der Waals surface area contributed by atoms with E-state index in [-0.39, 0.29) is 6.42 Å². The summed E-state index contributed by atoms with van der Waals surface area (Å²) in [5.41, 5.74) is 1.75. The van der Waals surface area contributed by atoms with Gasteiger partial charge >= 0.3 is 5.97 Å². The largest absolute Gasteiger partial charge is 0.467 e. The summed E-state index contributed by atoms with van der Waals surface area (Å²) in [5, 5.41) is 14.1. The lowest BCUT2D eigenvalue weighted by Gasteiger charge is -2.10. The summed E-state index contributed by atoms with van der Waals surface area (Å²) in [6.07, 6.45) is -0.147. The summed E-state index contributed by atoms with van der Waals surface area (Å²) in [5.74, 6) is -0.626. The van der Waals surface area contributed by atoms with E-state index in [1.165, 1.54) is 7.11 Å². The van der Waals surface area contributed by atoms with Gasteiger partial charge in [0, 0.05) is 13.0 Å². The van der Waals surface area contributed by atoms with Crippen LogP contribution in [0.1, 0.15) is 25.2 Å². The van der Waals surface area contributed by atoms with Crippen LogP contribution in [-0.4, -0.2) is 34.1 Å². The van der Waals surface area contributed by atoms with Gasteiger partial charge in [0.2, 0.25) is 0 Å². The normalized spacial score (nSPS) is 12.5. The second-order valence-corrected chi connectivity index (χ2v) is 4.41. The van der Waals surface area contributed by atoms with Gasteiger partial charge in [0.1, 0.15) is 0 Å². The average molecular weight is 305 g/mol. The van der Waals surface area contributed by atoms with Crippen molar-refractivity contribution >= 4 is 21.9 Å². The van der Waals surface area contributed by atoms with E-state index in [4.69, 9.17) is 0 Å². The second-order valence-electron chi connectivity index (χ2n) is 3.62. The molecule has 1 heterocycles. The van der Waals surface area contributed by atoms with Crippen LogP contribution in [0.25, 0.3) is 0 Å². The molecule has 0 fully saturated rings. The van der Waals surface area contributed by atoms with Crippen molar-refractivity contribution in [3.63, 3.8) is 0 Å². The van der Waals surface area contributed by atoms with Gasteiger partial charge in [0.15, 0.2) is 6.10 Å². The standard InChI is InChI=1S/C11H17BrN2O3/c1-4-7-10(12)8(14(5-2)13-7)6-9(15)11(16)17-3/h9,15H,4-6H2,1-3H3. The Morgan fingerprint density at radius 1 is 1.59 bits per heavy atom. The van der Waals surface area contributed by atoms with Gasteiger partial charge in [-0.05, 0) is 29.3 Å². The zero-order valence-corrected chi connectivity index (χ0v) is 11.8. The van der Waals surface area contributed by atoms with Gasteiger partial charge in [-0.1, -0.05) is 6.92 Å². The molecule has 0 saturated carbocycles. The van der Waals surface area contributed by atoms with Crippen LogP contribution in [0.2, 0.25) is 0 Å². The van der Waals surface area contributed by atoms with Gasteiger partial charge in [-0.25, -0.2) is 4.79 Å². The highest BCUT2D eigenvalue weighted by Crippen LogP contribution is 2.23. The fourth-order valence-electron chi connectivity index (χ4n) is 1.61. The lowest BCUT2D eigenvalue weighted by molar-refractivity contribution is -0.150. The van der Waals surface area contributed by atoms with Crippen molar-refractivity contribution < 1.29 is 14.6 Å². The minimum Gasteiger partial charge on any atom is -0.467 e. The first kappa shape index (κ1) is 14.2. The molecule has 17 heavy (non-hydrogen) atoms. The molecule has 0 radical (unpaired) electrons. The van der Waals surface area contributed by atoms with Crippen LogP contribution in [0.4, 0.5) is 0 Å². The first-order valence-corrected chi connectivity index (χ1v) is 6.34. The molecule has 6 heteroatoms. The first-order chi connectivity index (χ1) is 8.04. The summed E-state index contributed by atoms with van der Waals surface area (Å²) in [6.45, 7) is 4.67. The number of aromatic nitrogens is 2. The van der Waals surface area contributed by atoms with Crippen LogP contribution in [0.5, 0.6) is 0 Å². The third-order valence-electron chi connectivity index (χ3n) is 2.55. The lowest BCUT2D eigenvalue weighted by atomic mass is 10.2. The van der Waals surface area contributed by atoms with Gasteiger partial charge in [0.05, 0.1) is 23.0 Å². The van der Waals surface area contributed by atoms with Crippen molar-refractivity contribution in [3.8, 4) is 0 Å². The number of carbonyl (C=O) groups excluding carboxylic acids is 1. The Labute approximate surface area is 109 Å². The number of aryl methyl sites for hydroxylation is 2. The number of hydrogen-bond donors (Lipinski definition) is 1. The van der Waals surface area contributed by atoms with Crippen molar-refractivity contribution in [1.29, 1.82) is 0 Å². The van der Waals surface area contributed by atoms with E-state index in [0.29, 0.717) is 6.54 Å². The summed E-state index contributed by atoms with van der Waals surface area (Å²) in [6, 6.07) is 0. The molecule has 0 aliphatic heterocycles. The Bertz CT molecular complexity index is 404. The Balaban J connectivity index is 2.96. The minimum absolute atomic E-state index is 0.202. The molecule has 1 unspecified atom stereocenters. The number of rotatable bonds is 5. The first-order valence-electron chi connectivity index (χ1n) is 5.55. The number of methoxy groups -OCH3 is 1. The van der Waals surface area contributed by atoms with Crippen molar-refractivity contribution in [2.75, 3.05) is 7.11 Å². The van der Waals surface area contributed by atoms with Crippen LogP contribution < -0.4 is 0 Å². The highest BCUT2D eigenvalue weighted by molar-refractivity contribution is 9.10. The summed E-state index contributed by atoms with van der Waals surface area (Å²) < 4.78 is 7.15. The predicted molar refractivity (Wildman–Crippen MR) is 66.7 cm³/mol. The summed E-state index contributed by atoms with van der Waals surface area (Å²) >= 11 is 3.46. The maximum Gasteiger partial charge on any atom is 0.335 e. The highest BCUT2D eigenvalue weighted by Gasteiger charge is 2.22. The molecule has 1 aromatic heterocycles. The van der Waals surface area contributed by atoms with Crippen LogP contribution in [-0.2, 0) is 28.9 Å². The SMILES string of the molecule is CCc1nn(CC)c(CC(O)C(=O)OC)c1Br. The van der Waals surface area contributed by atoms with Crippen LogP contribution in [0.15, 0.2) is 4.47 Å². The lowest BCUT2D eigenvalue weighted by Crippen LogP contribution is -2.25. The molecular formula is C11H17BrN2O3. The molecule has 96 valence electrons. The predicted octanol–water partition coefficient (Wildman–Crippen LogP) is 1.30. The molecule has 0 bridgehead atoms. The number of aliphatic hydroxyl groups excluding tert-OH is 1. The van der Waals surface area contributed by atoms with E-state index in [1.54, 1.807) is 4.68 Å². The van der Waals surface area contributed by atoms with Crippen LogP contribution in [0, 0.1) is 0 Å². The number of hydrogen-bond acceptors (Lipinski definition) is 4. The Morgan fingerprint density at radius 3 is 2.71 bits per heavy atom. The molecule has 5 nitrogen and oxygen atoms in total. The Kier molecular flexibility index (Phi) is 5.14. The van der Waals surface area contributed by atoms with Crippen molar-refractivity contribution in [2.45, 2.75) is 39.3 Å². The second kappa shape index (κ2) is 6.16.